The Morgan fingerprint density at radius 3 is 2.86 bits per heavy atom. The van der Waals surface area contributed by atoms with Crippen LogP contribution in [0.5, 0.6) is 0 Å². The summed E-state index contributed by atoms with van der Waals surface area (Å²) in [7, 11) is 0. The number of rotatable bonds is 8. The maximum atomic E-state index is 13.6. The number of hydrogen-bond donors (Lipinski definition) is 2. The number of benzene rings is 1. The number of nitrogens with zero attached hydrogens (tertiary/aromatic N) is 1. The van der Waals surface area contributed by atoms with E-state index in [1.807, 2.05) is 18.2 Å². The van der Waals surface area contributed by atoms with E-state index in [1.54, 1.807) is 18.4 Å². The summed E-state index contributed by atoms with van der Waals surface area (Å²) in [5.74, 6) is 2.11. The van der Waals surface area contributed by atoms with Gasteiger partial charge < -0.3 is 19.8 Å². The van der Waals surface area contributed by atoms with Crippen molar-refractivity contribution >= 4 is 5.96 Å². The lowest BCUT2D eigenvalue weighted by Crippen LogP contribution is -2.41. The van der Waals surface area contributed by atoms with E-state index in [-0.39, 0.29) is 11.2 Å². The average molecular weight is 385 g/mol. The van der Waals surface area contributed by atoms with Crippen LogP contribution in [-0.2, 0) is 16.6 Å². The first kappa shape index (κ1) is 19.0. The van der Waals surface area contributed by atoms with Crippen LogP contribution in [0.25, 0.3) is 0 Å². The summed E-state index contributed by atoms with van der Waals surface area (Å²) in [5.41, 5.74) is 1.03. The van der Waals surface area contributed by atoms with Crippen molar-refractivity contribution in [2.24, 2.45) is 10.9 Å². The van der Waals surface area contributed by atoms with Gasteiger partial charge >= 0.3 is 0 Å². The Morgan fingerprint density at radius 2 is 2.14 bits per heavy atom. The van der Waals surface area contributed by atoms with Gasteiger partial charge in [-0.2, -0.15) is 0 Å². The molecule has 1 atom stereocenters. The molecule has 4 rings (SSSR count). The first-order valence-corrected chi connectivity index (χ1v) is 10.1. The monoisotopic (exact) mass is 385 g/mol. The first-order valence-electron chi connectivity index (χ1n) is 10.1. The number of ether oxygens (including phenoxy) is 1. The van der Waals surface area contributed by atoms with E-state index < -0.39 is 0 Å². The Bertz CT molecular complexity index is 781. The fourth-order valence-corrected chi connectivity index (χ4v) is 3.66. The quantitative estimate of drug-likeness (QED) is 0.541. The van der Waals surface area contributed by atoms with E-state index in [1.165, 1.54) is 6.07 Å². The molecule has 150 valence electrons. The third kappa shape index (κ3) is 4.93. The van der Waals surface area contributed by atoms with Crippen molar-refractivity contribution in [2.75, 3.05) is 32.8 Å². The zero-order chi connectivity index (χ0) is 19.2. The maximum absolute atomic E-state index is 13.6. The van der Waals surface area contributed by atoms with Crippen LogP contribution < -0.4 is 10.6 Å². The number of guanidine groups is 1. The van der Waals surface area contributed by atoms with Crippen LogP contribution in [0.4, 0.5) is 4.39 Å². The molecule has 1 aliphatic carbocycles. The molecule has 28 heavy (non-hydrogen) atoms. The molecule has 6 heteroatoms. The normalized spacial score (nSPS) is 20.9. The summed E-state index contributed by atoms with van der Waals surface area (Å²) < 4.78 is 24.5. The molecule has 2 aliphatic rings. The molecule has 1 saturated heterocycles. The molecule has 1 aromatic heterocycles. The highest BCUT2D eigenvalue weighted by atomic mass is 19.1. The van der Waals surface area contributed by atoms with Gasteiger partial charge in [0.25, 0.3) is 0 Å². The molecule has 0 bridgehead atoms. The third-order valence-electron chi connectivity index (χ3n) is 5.66. The molecule has 0 radical (unpaired) electrons. The molecule has 2 fully saturated rings. The lowest BCUT2D eigenvalue weighted by atomic mass is 9.96. The predicted octanol–water partition coefficient (Wildman–Crippen LogP) is 3.26. The van der Waals surface area contributed by atoms with Crippen LogP contribution in [0.3, 0.4) is 0 Å². The van der Waals surface area contributed by atoms with Gasteiger partial charge in [0.15, 0.2) is 5.96 Å². The number of furan rings is 1. The van der Waals surface area contributed by atoms with Gasteiger partial charge in [0, 0.05) is 37.5 Å². The Hall–Kier alpha value is -2.34. The van der Waals surface area contributed by atoms with Crippen molar-refractivity contribution < 1.29 is 13.5 Å². The van der Waals surface area contributed by atoms with Gasteiger partial charge in [-0.3, -0.25) is 4.99 Å². The van der Waals surface area contributed by atoms with Gasteiger partial charge in [0.1, 0.15) is 11.6 Å². The number of aliphatic imine (C=N–C) groups is 1. The largest absolute Gasteiger partial charge is 0.469 e. The maximum Gasteiger partial charge on any atom is 0.191 e. The molecule has 1 aromatic carbocycles. The van der Waals surface area contributed by atoms with Crippen molar-refractivity contribution in [2.45, 2.75) is 31.1 Å². The summed E-state index contributed by atoms with van der Waals surface area (Å²) >= 11 is 0. The highest BCUT2D eigenvalue weighted by Gasteiger charge is 2.44. The van der Waals surface area contributed by atoms with E-state index in [0.717, 1.165) is 69.3 Å². The van der Waals surface area contributed by atoms with Crippen LogP contribution >= 0.6 is 0 Å². The number of hydrogen-bond acceptors (Lipinski definition) is 3. The summed E-state index contributed by atoms with van der Waals surface area (Å²) in [6, 6.07) is 10.8. The average Bonchev–Trinajstić information content (AvgIpc) is 3.09. The second-order valence-electron chi connectivity index (χ2n) is 7.82. The number of nitrogens with one attached hydrogen (secondary N) is 2. The molecule has 5 nitrogen and oxygen atoms in total. The van der Waals surface area contributed by atoms with Gasteiger partial charge in [-0.05, 0) is 49.1 Å². The molecule has 0 spiro atoms. The van der Waals surface area contributed by atoms with Gasteiger partial charge in [-0.25, -0.2) is 4.39 Å². The Morgan fingerprint density at radius 1 is 1.21 bits per heavy atom. The van der Waals surface area contributed by atoms with Crippen molar-refractivity contribution in [1.29, 1.82) is 0 Å². The van der Waals surface area contributed by atoms with E-state index >= 15 is 0 Å². The first-order chi connectivity index (χ1) is 13.7. The van der Waals surface area contributed by atoms with Gasteiger partial charge in [0.2, 0.25) is 0 Å². The molecule has 1 saturated carbocycles. The highest BCUT2D eigenvalue weighted by molar-refractivity contribution is 5.80. The summed E-state index contributed by atoms with van der Waals surface area (Å²) in [6.07, 6.45) is 5.68. The zero-order valence-corrected chi connectivity index (χ0v) is 16.1. The molecule has 1 aliphatic heterocycles. The zero-order valence-electron chi connectivity index (χ0n) is 16.1. The molecular formula is C22H28FN3O2. The summed E-state index contributed by atoms with van der Waals surface area (Å²) in [4.78, 5) is 4.84. The molecule has 0 amide bonds. The van der Waals surface area contributed by atoms with Gasteiger partial charge in [0.05, 0.1) is 19.4 Å². The van der Waals surface area contributed by atoms with Crippen LogP contribution in [0.2, 0.25) is 0 Å². The minimum absolute atomic E-state index is 0.0197. The van der Waals surface area contributed by atoms with Crippen molar-refractivity contribution in [3.05, 3.63) is 59.8 Å². The molecule has 2 heterocycles. The van der Waals surface area contributed by atoms with Gasteiger partial charge in [-0.15, -0.1) is 0 Å². The molecular weight excluding hydrogens is 357 g/mol. The van der Waals surface area contributed by atoms with E-state index in [0.29, 0.717) is 12.5 Å². The van der Waals surface area contributed by atoms with Crippen molar-refractivity contribution in [3.8, 4) is 0 Å². The minimum Gasteiger partial charge on any atom is -0.469 e. The fourth-order valence-electron chi connectivity index (χ4n) is 3.66. The predicted molar refractivity (Wildman–Crippen MR) is 107 cm³/mol. The summed E-state index contributed by atoms with van der Waals surface area (Å²) in [5, 5.41) is 6.87. The van der Waals surface area contributed by atoms with E-state index in [4.69, 9.17) is 14.1 Å². The minimum atomic E-state index is -0.177. The molecule has 2 aromatic rings. The lowest BCUT2D eigenvalue weighted by molar-refractivity contribution is 0.186. The van der Waals surface area contributed by atoms with Crippen LogP contribution in [-0.4, -0.2) is 38.8 Å². The smallest absolute Gasteiger partial charge is 0.191 e. The van der Waals surface area contributed by atoms with Crippen LogP contribution in [0, 0.1) is 11.7 Å². The Labute approximate surface area is 165 Å². The number of halogens is 1. The Kier molecular flexibility index (Phi) is 5.95. The van der Waals surface area contributed by atoms with Gasteiger partial charge in [-0.1, -0.05) is 12.1 Å². The topological polar surface area (TPSA) is 58.8 Å². The SMILES string of the molecule is Fc1cccc(C2(CN=C(NCCc3ccco3)NCC3CCOC3)CC2)c1. The third-order valence-corrected chi connectivity index (χ3v) is 5.66. The summed E-state index contributed by atoms with van der Waals surface area (Å²) in [6.45, 7) is 3.90. The standard InChI is InChI=1S/C22H28FN3O2/c23-19-4-1-3-18(13-19)22(8-9-22)16-26-21(25-14-17-7-12-27-15-17)24-10-6-20-5-2-11-28-20/h1-5,11,13,17H,6-10,12,14-16H2,(H2,24,25,26). The highest BCUT2D eigenvalue weighted by Crippen LogP contribution is 2.48. The van der Waals surface area contributed by atoms with Crippen molar-refractivity contribution in [1.82, 2.24) is 10.6 Å². The second kappa shape index (κ2) is 8.78. The van der Waals surface area contributed by atoms with Crippen LogP contribution in [0.1, 0.15) is 30.6 Å². The van der Waals surface area contributed by atoms with E-state index in [2.05, 4.69) is 10.6 Å². The molecule has 2 N–H and O–H groups in total. The van der Waals surface area contributed by atoms with Crippen molar-refractivity contribution in [3.63, 3.8) is 0 Å². The molecule has 1 unspecified atom stereocenters. The second-order valence-corrected chi connectivity index (χ2v) is 7.82. The Balaban J connectivity index is 1.37. The van der Waals surface area contributed by atoms with Crippen LogP contribution in [0.15, 0.2) is 52.1 Å². The fraction of sp³-hybridized carbons (Fsp3) is 0.500. The van der Waals surface area contributed by atoms with E-state index in [9.17, 15) is 4.39 Å². The lowest BCUT2D eigenvalue weighted by Gasteiger charge is -2.18.